The first-order valence-electron chi connectivity index (χ1n) is 5.00. The van der Waals surface area contributed by atoms with Crippen LogP contribution in [-0.2, 0) is 0 Å². The van der Waals surface area contributed by atoms with Crippen molar-refractivity contribution >= 4 is 27.7 Å². The van der Waals surface area contributed by atoms with Crippen molar-refractivity contribution in [3.8, 4) is 0 Å². The Kier molecular flexibility index (Phi) is 4.51. The zero-order chi connectivity index (χ0) is 13.0. The molecule has 0 saturated carbocycles. The molecule has 0 bridgehead atoms. The summed E-state index contributed by atoms with van der Waals surface area (Å²) in [5.41, 5.74) is 6.88. The summed E-state index contributed by atoms with van der Waals surface area (Å²) >= 11 is 3.30. The highest BCUT2D eigenvalue weighted by atomic mass is 79.9. The Hall–Kier alpha value is -1.56. The monoisotopic (exact) mass is 299 g/mol. The van der Waals surface area contributed by atoms with E-state index in [9.17, 15) is 4.79 Å². The highest BCUT2D eigenvalue weighted by Crippen LogP contribution is 2.18. The number of aryl methyl sites for hydroxylation is 1. The van der Waals surface area contributed by atoms with E-state index in [2.05, 4.69) is 26.4 Å². The van der Waals surface area contributed by atoms with Crippen LogP contribution in [0.3, 0.4) is 0 Å². The first kappa shape index (κ1) is 13.5. The number of carbonyl (C=O) groups is 1. The van der Waals surface area contributed by atoms with Gasteiger partial charge in [0.25, 0.3) is 5.91 Å². The number of nitrogens with two attached hydrogens (primary N) is 1. The van der Waals surface area contributed by atoms with Gasteiger partial charge in [0.1, 0.15) is 0 Å². The maximum Gasteiger partial charge on any atom is 0.253 e. The van der Waals surface area contributed by atoms with Crippen LogP contribution in [-0.4, -0.2) is 23.0 Å². The third-order valence-corrected chi connectivity index (χ3v) is 2.96. The third kappa shape index (κ3) is 3.45. The largest absolute Gasteiger partial charge is 0.409 e. The molecule has 1 atom stereocenters. The predicted molar refractivity (Wildman–Crippen MR) is 69.2 cm³/mol. The minimum atomic E-state index is -0.528. The van der Waals surface area contributed by atoms with Crippen LogP contribution in [0.2, 0.25) is 0 Å². The van der Waals surface area contributed by atoms with E-state index in [4.69, 9.17) is 10.9 Å². The molecule has 0 spiro atoms. The molecule has 6 heteroatoms. The fraction of sp³-hybridized carbons (Fsp3) is 0.273. The van der Waals surface area contributed by atoms with E-state index in [1.54, 1.807) is 19.1 Å². The molecule has 0 fully saturated rings. The molecule has 0 aliphatic rings. The van der Waals surface area contributed by atoms with Gasteiger partial charge in [-0.25, -0.2) is 0 Å². The summed E-state index contributed by atoms with van der Waals surface area (Å²) < 4.78 is 0.701. The average Bonchev–Trinajstić information content (AvgIpc) is 2.30. The number of hydrogen-bond acceptors (Lipinski definition) is 3. The molecule has 0 aromatic heterocycles. The molecule has 1 unspecified atom stereocenters. The van der Waals surface area contributed by atoms with Gasteiger partial charge in [-0.1, -0.05) is 16.8 Å². The number of nitrogens with one attached hydrogen (secondary N) is 1. The number of oxime groups is 1. The van der Waals surface area contributed by atoms with Crippen LogP contribution < -0.4 is 11.1 Å². The van der Waals surface area contributed by atoms with Crippen LogP contribution in [0, 0.1) is 6.92 Å². The lowest BCUT2D eigenvalue weighted by atomic mass is 10.1. The maximum atomic E-state index is 11.9. The Morgan fingerprint density at radius 2 is 2.24 bits per heavy atom. The molecule has 0 heterocycles. The lowest BCUT2D eigenvalue weighted by Gasteiger charge is -2.13. The smallest absolute Gasteiger partial charge is 0.253 e. The van der Waals surface area contributed by atoms with E-state index < -0.39 is 6.04 Å². The van der Waals surface area contributed by atoms with Crippen molar-refractivity contribution in [1.29, 1.82) is 0 Å². The van der Waals surface area contributed by atoms with E-state index in [0.717, 1.165) is 5.56 Å². The van der Waals surface area contributed by atoms with E-state index in [1.807, 2.05) is 13.0 Å². The molecule has 0 aliphatic heterocycles. The molecule has 0 radical (unpaired) electrons. The molecule has 4 N–H and O–H groups in total. The highest BCUT2D eigenvalue weighted by Gasteiger charge is 2.15. The predicted octanol–water partition coefficient (Wildman–Crippen LogP) is 1.62. The average molecular weight is 300 g/mol. The Bertz CT molecular complexity index is 460. The first-order valence-corrected chi connectivity index (χ1v) is 5.79. The van der Waals surface area contributed by atoms with Crippen molar-refractivity contribution < 1.29 is 10.0 Å². The molecule has 0 aliphatic carbocycles. The Morgan fingerprint density at radius 1 is 1.59 bits per heavy atom. The second kappa shape index (κ2) is 5.67. The van der Waals surface area contributed by atoms with Crippen molar-refractivity contribution in [2.24, 2.45) is 10.9 Å². The Labute approximate surface area is 108 Å². The normalized spacial score (nSPS) is 13.2. The van der Waals surface area contributed by atoms with E-state index in [0.29, 0.717) is 10.0 Å². The van der Waals surface area contributed by atoms with Crippen LogP contribution in [0.25, 0.3) is 0 Å². The fourth-order valence-corrected chi connectivity index (χ4v) is 1.67. The minimum absolute atomic E-state index is 0.0397. The van der Waals surface area contributed by atoms with Crippen LogP contribution in [0.4, 0.5) is 0 Å². The molecule has 5 nitrogen and oxygen atoms in total. The van der Waals surface area contributed by atoms with Crippen molar-refractivity contribution in [2.45, 2.75) is 19.9 Å². The van der Waals surface area contributed by atoms with E-state index >= 15 is 0 Å². The quantitative estimate of drug-likeness (QED) is 0.343. The summed E-state index contributed by atoms with van der Waals surface area (Å²) in [6.07, 6.45) is 0. The minimum Gasteiger partial charge on any atom is -0.409 e. The van der Waals surface area contributed by atoms with Gasteiger partial charge in [0.2, 0.25) is 0 Å². The van der Waals surface area contributed by atoms with Crippen LogP contribution in [0.5, 0.6) is 0 Å². The Morgan fingerprint density at radius 3 is 2.82 bits per heavy atom. The summed E-state index contributed by atoms with van der Waals surface area (Å²) in [6.45, 7) is 3.53. The zero-order valence-corrected chi connectivity index (χ0v) is 11.2. The molecular weight excluding hydrogens is 286 g/mol. The number of halogens is 1. The summed E-state index contributed by atoms with van der Waals surface area (Å²) in [5, 5.41) is 14.0. The van der Waals surface area contributed by atoms with Gasteiger partial charge in [-0.15, -0.1) is 0 Å². The number of rotatable bonds is 3. The maximum absolute atomic E-state index is 11.9. The topological polar surface area (TPSA) is 87.7 Å². The van der Waals surface area contributed by atoms with Crippen LogP contribution in [0.1, 0.15) is 22.8 Å². The second-order valence-electron chi connectivity index (χ2n) is 3.70. The summed E-state index contributed by atoms with van der Waals surface area (Å²) in [6, 6.07) is 4.94. The van der Waals surface area contributed by atoms with Crippen molar-refractivity contribution in [1.82, 2.24) is 5.32 Å². The number of carbonyl (C=O) groups excluding carboxylic acids is 1. The van der Waals surface area contributed by atoms with Crippen LogP contribution in [0.15, 0.2) is 27.8 Å². The van der Waals surface area contributed by atoms with E-state index in [-0.39, 0.29) is 11.7 Å². The SMILES string of the molecule is Cc1ccc(Br)c(C(=O)NC(C)/C(N)=N/O)c1. The molecular formula is C11H14BrN3O2. The van der Waals surface area contributed by atoms with Crippen molar-refractivity contribution in [3.63, 3.8) is 0 Å². The first-order chi connectivity index (χ1) is 7.95. The van der Waals surface area contributed by atoms with Gasteiger partial charge in [-0.2, -0.15) is 0 Å². The van der Waals surface area contributed by atoms with Gasteiger partial charge in [-0.05, 0) is 41.9 Å². The molecule has 1 aromatic rings. The van der Waals surface area contributed by atoms with Gasteiger partial charge >= 0.3 is 0 Å². The van der Waals surface area contributed by atoms with Crippen LogP contribution >= 0.6 is 15.9 Å². The number of nitrogens with zero attached hydrogens (tertiary/aromatic N) is 1. The second-order valence-corrected chi connectivity index (χ2v) is 4.56. The summed E-state index contributed by atoms with van der Waals surface area (Å²) in [5.74, 6) is -0.318. The van der Waals surface area contributed by atoms with Gasteiger partial charge in [0.15, 0.2) is 5.84 Å². The van der Waals surface area contributed by atoms with Gasteiger partial charge in [0, 0.05) is 4.47 Å². The lowest BCUT2D eigenvalue weighted by Crippen LogP contribution is -2.42. The lowest BCUT2D eigenvalue weighted by molar-refractivity contribution is 0.0948. The van der Waals surface area contributed by atoms with Gasteiger partial charge in [0.05, 0.1) is 11.6 Å². The number of hydrogen-bond donors (Lipinski definition) is 3. The Balaban J connectivity index is 2.87. The number of amides is 1. The molecule has 1 rings (SSSR count). The summed E-state index contributed by atoms with van der Waals surface area (Å²) in [7, 11) is 0. The molecule has 1 aromatic carbocycles. The number of amidine groups is 1. The molecule has 1 amide bonds. The van der Waals surface area contributed by atoms with Gasteiger partial charge < -0.3 is 16.3 Å². The van der Waals surface area contributed by atoms with Crippen molar-refractivity contribution in [3.05, 3.63) is 33.8 Å². The molecule has 17 heavy (non-hydrogen) atoms. The van der Waals surface area contributed by atoms with Gasteiger partial charge in [-0.3, -0.25) is 4.79 Å². The third-order valence-electron chi connectivity index (χ3n) is 2.27. The fourth-order valence-electron chi connectivity index (χ4n) is 1.25. The molecule has 0 saturated heterocycles. The summed E-state index contributed by atoms with van der Waals surface area (Å²) in [4.78, 5) is 11.9. The van der Waals surface area contributed by atoms with Crippen molar-refractivity contribution in [2.75, 3.05) is 0 Å². The highest BCUT2D eigenvalue weighted by molar-refractivity contribution is 9.10. The standard InChI is InChI=1S/C11H14BrN3O2/c1-6-3-4-9(12)8(5-6)11(16)14-7(2)10(13)15-17/h3-5,7,17H,1-2H3,(H2,13,15)(H,14,16). The zero-order valence-electron chi connectivity index (χ0n) is 9.57. The number of benzene rings is 1. The van der Waals surface area contributed by atoms with E-state index in [1.165, 1.54) is 0 Å². The molecule has 92 valence electrons.